The molecule has 0 aliphatic heterocycles. The first-order chi connectivity index (χ1) is 8.58. The third-order valence-corrected chi connectivity index (χ3v) is 5.17. The molecule has 1 atom stereocenters. The van der Waals surface area contributed by atoms with Crippen LogP contribution in [0.2, 0.25) is 5.02 Å². The smallest absolute Gasteiger partial charge is 0.0586 e. The first kappa shape index (κ1) is 13.6. The molecule has 1 unspecified atom stereocenters. The van der Waals surface area contributed by atoms with E-state index < -0.39 is 10.8 Å². The molecular weight excluding hydrogens is 334 g/mol. The van der Waals surface area contributed by atoms with Gasteiger partial charge in [-0.25, -0.2) is 0 Å². The summed E-state index contributed by atoms with van der Waals surface area (Å²) in [5.74, 6) is 0.377. The number of benzene rings is 2. The van der Waals surface area contributed by atoms with E-state index in [4.69, 9.17) is 17.3 Å². The second kappa shape index (κ2) is 5.87. The second-order valence-electron chi connectivity index (χ2n) is 3.77. The predicted molar refractivity (Wildman–Crippen MR) is 80.1 cm³/mol. The molecule has 0 aliphatic rings. The van der Waals surface area contributed by atoms with Crippen LogP contribution in [-0.4, -0.2) is 4.21 Å². The van der Waals surface area contributed by atoms with Gasteiger partial charge in [-0.15, -0.1) is 0 Å². The number of rotatable bonds is 3. The molecule has 0 spiro atoms. The molecule has 0 bridgehead atoms. The van der Waals surface area contributed by atoms with E-state index in [0.29, 0.717) is 16.5 Å². The van der Waals surface area contributed by atoms with Gasteiger partial charge >= 0.3 is 0 Å². The van der Waals surface area contributed by atoms with Gasteiger partial charge in [0, 0.05) is 15.2 Å². The highest BCUT2D eigenvalue weighted by atomic mass is 79.9. The summed E-state index contributed by atoms with van der Waals surface area (Å²) in [6.07, 6.45) is 0. The van der Waals surface area contributed by atoms with Crippen molar-refractivity contribution in [2.45, 2.75) is 10.6 Å². The maximum absolute atomic E-state index is 12.3. The second-order valence-corrected chi connectivity index (χ2v) is 6.45. The highest BCUT2D eigenvalue weighted by molar-refractivity contribution is 9.10. The third kappa shape index (κ3) is 3.13. The van der Waals surface area contributed by atoms with Crippen LogP contribution in [0.5, 0.6) is 0 Å². The summed E-state index contributed by atoms with van der Waals surface area (Å²) in [6, 6.07) is 12.7. The van der Waals surface area contributed by atoms with E-state index in [1.807, 2.05) is 30.3 Å². The van der Waals surface area contributed by atoms with Crippen molar-refractivity contribution in [2.75, 3.05) is 5.73 Å². The van der Waals surface area contributed by atoms with E-state index in [2.05, 4.69) is 15.9 Å². The molecule has 2 nitrogen and oxygen atoms in total. The van der Waals surface area contributed by atoms with Gasteiger partial charge in [0.05, 0.1) is 21.4 Å². The molecule has 0 radical (unpaired) electrons. The Balaban J connectivity index is 2.24. The lowest BCUT2D eigenvalue weighted by atomic mass is 10.2. The van der Waals surface area contributed by atoms with Crippen molar-refractivity contribution in [3.05, 3.63) is 57.5 Å². The van der Waals surface area contributed by atoms with Gasteiger partial charge in [-0.1, -0.05) is 29.8 Å². The summed E-state index contributed by atoms with van der Waals surface area (Å²) in [6.45, 7) is 0. The highest BCUT2D eigenvalue weighted by Gasteiger charge is 2.10. The summed E-state index contributed by atoms with van der Waals surface area (Å²) >= 11 is 9.47. The van der Waals surface area contributed by atoms with Gasteiger partial charge in [-0.05, 0) is 45.8 Å². The molecule has 0 fully saturated rings. The predicted octanol–water partition coefficient (Wildman–Crippen LogP) is 3.99. The van der Waals surface area contributed by atoms with Crippen LogP contribution in [-0.2, 0) is 16.6 Å². The lowest BCUT2D eigenvalue weighted by Crippen LogP contribution is -1.98. The topological polar surface area (TPSA) is 43.1 Å². The lowest BCUT2D eigenvalue weighted by molar-refractivity contribution is 0.682. The average molecular weight is 345 g/mol. The largest absolute Gasteiger partial charge is 0.399 e. The Hall–Kier alpha value is -0.840. The quantitative estimate of drug-likeness (QED) is 0.855. The van der Waals surface area contributed by atoms with E-state index >= 15 is 0 Å². The van der Waals surface area contributed by atoms with Crippen LogP contribution >= 0.6 is 27.5 Å². The summed E-state index contributed by atoms with van der Waals surface area (Å²) in [7, 11) is -1.13. The van der Waals surface area contributed by atoms with E-state index in [9.17, 15) is 4.21 Å². The van der Waals surface area contributed by atoms with Crippen molar-refractivity contribution < 1.29 is 4.21 Å². The molecular formula is C13H11BrClNOS. The molecule has 0 saturated carbocycles. The molecule has 0 aromatic heterocycles. The van der Waals surface area contributed by atoms with Crippen LogP contribution in [0.15, 0.2) is 51.8 Å². The third-order valence-electron chi connectivity index (χ3n) is 2.45. The number of halogens is 2. The van der Waals surface area contributed by atoms with Crippen molar-refractivity contribution in [2.24, 2.45) is 0 Å². The fourth-order valence-electron chi connectivity index (χ4n) is 1.53. The van der Waals surface area contributed by atoms with E-state index in [1.165, 1.54) is 0 Å². The van der Waals surface area contributed by atoms with Gasteiger partial charge in [-0.2, -0.15) is 0 Å². The van der Waals surface area contributed by atoms with Crippen LogP contribution in [0.3, 0.4) is 0 Å². The van der Waals surface area contributed by atoms with Crippen molar-refractivity contribution in [1.82, 2.24) is 0 Å². The van der Waals surface area contributed by atoms with Crippen molar-refractivity contribution in [3.8, 4) is 0 Å². The first-order valence-electron chi connectivity index (χ1n) is 5.25. The maximum Gasteiger partial charge on any atom is 0.0586 e. The molecule has 2 aromatic rings. The maximum atomic E-state index is 12.3. The van der Waals surface area contributed by atoms with Gasteiger partial charge in [0.2, 0.25) is 0 Å². The monoisotopic (exact) mass is 343 g/mol. The zero-order chi connectivity index (χ0) is 13.1. The fraction of sp³-hybridized carbons (Fsp3) is 0.0769. The van der Waals surface area contributed by atoms with Gasteiger partial charge in [0.1, 0.15) is 0 Å². The molecule has 0 aliphatic carbocycles. The SMILES string of the molecule is Nc1ccc(CS(=O)c2ccccc2Br)c(Cl)c1. The van der Waals surface area contributed by atoms with Crippen LogP contribution in [0.4, 0.5) is 5.69 Å². The van der Waals surface area contributed by atoms with Gasteiger partial charge < -0.3 is 5.73 Å². The number of nitrogens with two attached hydrogens (primary N) is 1. The Morgan fingerprint density at radius 1 is 1.22 bits per heavy atom. The Bertz CT molecular complexity index is 603. The number of hydrogen-bond acceptors (Lipinski definition) is 2. The standard InChI is InChI=1S/C13H11BrClNOS/c14-11-3-1-2-4-13(11)18(17)8-9-5-6-10(16)7-12(9)15/h1-7H,8,16H2. The minimum absolute atomic E-state index is 0.377. The van der Waals surface area contributed by atoms with Crippen LogP contribution in [0, 0.1) is 0 Å². The molecule has 0 amide bonds. The van der Waals surface area contributed by atoms with E-state index in [0.717, 1.165) is 14.9 Å². The molecule has 2 aromatic carbocycles. The molecule has 18 heavy (non-hydrogen) atoms. The van der Waals surface area contributed by atoms with E-state index in [-0.39, 0.29) is 0 Å². The zero-order valence-electron chi connectivity index (χ0n) is 9.40. The average Bonchev–Trinajstić information content (AvgIpc) is 2.33. The summed E-state index contributed by atoms with van der Waals surface area (Å²) in [4.78, 5) is 0.769. The molecule has 94 valence electrons. The number of anilines is 1. The highest BCUT2D eigenvalue weighted by Crippen LogP contribution is 2.25. The molecule has 0 heterocycles. The minimum Gasteiger partial charge on any atom is -0.399 e. The Morgan fingerprint density at radius 3 is 2.61 bits per heavy atom. The van der Waals surface area contributed by atoms with Crippen LogP contribution in [0.25, 0.3) is 0 Å². The Kier molecular flexibility index (Phi) is 4.43. The Morgan fingerprint density at radius 2 is 1.94 bits per heavy atom. The molecule has 0 saturated heterocycles. The summed E-state index contributed by atoms with van der Waals surface area (Å²) < 4.78 is 13.1. The minimum atomic E-state index is -1.13. The summed E-state index contributed by atoms with van der Waals surface area (Å²) in [5.41, 5.74) is 7.07. The number of hydrogen-bond donors (Lipinski definition) is 1. The fourth-order valence-corrected chi connectivity index (χ4v) is 3.90. The van der Waals surface area contributed by atoms with Crippen molar-refractivity contribution in [1.29, 1.82) is 0 Å². The zero-order valence-corrected chi connectivity index (χ0v) is 12.6. The van der Waals surface area contributed by atoms with Gasteiger partial charge in [0.15, 0.2) is 0 Å². The van der Waals surface area contributed by atoms with Crippen LogP contribution < -0.4 is 5.73 Å². The van der Waals surface area contributed by atoms with Crippen molar-refractivity contribution >= 4 is 44.0 Å². The molecule has 2 N–H and O–H groups in total. The normalized spacial score (nSPS) is 12.3. The first-order valence-corrected chi connectivity index (χ1v) is 7.73. The number of nitrogen functional groups attached to an aromatic ring is 1. The van der Waals surface area contributed by atoms with Gasteiger partial charge in [-0.3, -0.25) is 4.21 Å². The lowest BCUT2D eigenvalue weighted by Gasteiger charge is -2.07. The Labute approximate surface area is 122 Å². The molecule has 2 rings (SSSR count). The van der Waals surface area contributed by atoms with E-state index in [1.54, 1.807) is 12.1 Å². The molecule has 5 heteroatoms. The van der Waals surface area contributed by atoms with Crippen LogP contribution in [0.1, 0.15) is 5.56 Å². The van der Waals surface area contributed by atoms with Crippen molar-refractivity contribution in [3.63, 3.8) is 0 Å². The van der Waals surface area contributed by atoms with Gasteiger partial charge in [0.25, 0.3) is 0 Å². The summed E-state index contributed by atoms with van der Waals surface area (Å²) in [5, 5.41) is 0.551.